The summed E-state index contributed by atoms with van der Waals surface area (Å²) >= 11 is 0. The lowest BCUT2D eigenvalue weighted by molar-refractivity contribution is -0.126. The first kappa shape index (κ1) is 12.1. The highest BCUT2D eigenvalue weighted by Crippen LogP contribution is 2.72. The van der Waals surface area contributed by atoms with Gasteiger partial charge in [-0.3, -0.25) is 9.89 Å². The summed E-state index contributed by atoms with van der Waals surface area (Å²) in [6.45, 7) is 0. The number of hydrogen-bond donors (Lipinski definition) is 3. The summed E-state index contributed by atoms with van der Waals surface area (Å²) in [5, 5.41) is 17.0. The van der Waals surface area contributed by atoms with Crippen LogP contribution >= 0.6 is 0 Å². The number of carbonyl (C=O) groups excluding carboxylic acids is 1. The molecule has 1 aromatic heterocycles. The number of amides is 1. The third kappa shape index (κ3) is 1.70. The number of carboxylic acid groups (broad SMARTS) is 1. The molecule has 0 atom stereocenters. The molecule has 1 amide bonds. The Labute approximate surface area is 106 Å². The van der Waals surface area contributed by atoms with Gasteiger partial charge in [0, 0.05) is 17.8 Å². The van der Waals surface area contributed by atoms with Crippen LogP contribution in [0.15, 0.2) is 6.20 Å². The molecule has 3 N–H and O–H groups in total. The molecule has 1 heterocycles. The first-order valence-electron chi connectivity index (χ1n) is 5.80. The third-order valence-electron chi connectivity index (χ3n) is 3.97. The van der Waals surface area contributed by atoms with Gasteiger partial charge in [0.25, 0.3) is 5.92 Å². The molecule has 2 aliphatic rings. The van der Waals surface area contributed by atoms with Crippen LogP contribution in [0.5, 0.6) is 0 Å². The zero-order chi connectivity index (χ0) is 13.8. The van der Waals surface area contributed by atoms with E-state index in [4.69, 9.17) is 5.11 Å². The van der Waals surface area contributed by atoms with Crippen LogP contribution in [0.4, 0.5) is 14.5 Å². The van der Waals surface area contributed by atoms with Crippen LogP contribution in [0.25, 0.3) is 0 Å². The molecule has 0 unspecified atom stereocenters. The number of nitrogens with zero attached hydrogens (tertiary/aromatic N) is 1. The van der Waals surface area contributed by atoms with Gasteiger partial charge in [0.1, 0.15) is 0 Å². The van der Waals surface area contributed by atoms with E-state index in [9.17, 15) is 18.4 Å². The molecule has 0 bridgehead atoms. The van der Waals surface area contributed by atoms with Gasteiger partial charge in [-0.05, 0) is 12.8 Å². The van der Waals surface area contributed by atoms with E-state index in [0.717, 1.165) is 0 Å². The molecule has 0 aliphatic heterocycles. The number of aromatic nitrogens is 2. The average molecular weight is 271 g/mol. The monoisotopic (exact) mass is 271 g/mol. The van der Waals surface area contributed by atoms with Crippen molar-refractivity contribution < 1.29 is 23.5 Å². The topological polar surface area (TPSA) is 95.1 Å². The van der Waals surface area contributed by atoms with E-state index in [-0.39, 0.29) is 30.6 Å². The summed E-state index contributed by atoms with van der Waals surface area (Å²) in [6.07, 6.45) is 1.36. The SMILES string of the molecule is O=C(O)c1[nH]ncc1NC(=O)C1CC2(C1)CC2(F)F. The Morgan fingerprint density at radius 3 is 2.63 bits per heavy atom. The molecule has 1 spiro atoms. The minimum Gasteiger partial charge on any atom is -0.476 e. The molecule has 0 saturated heterocycles. The van der Waals surface area contributed by atoms with Crippen molar-refractivity contribution in [3.05, 3.63) is 11.9 Å². The predicted molar refractivity (Wildman–Crippen MR) is 58.9 cm³/mol. The molecule has 0 radical (unpaired) electrons. The Morgan fingerprint density at radius 1 is 1.47 bits per heavy atom. The number of nitrogens with one attached hydrogen (secondary N) is 2. The molecule has 19 heavy (non-hydrogen) atoms. The summed E-state index contributed by atoms with van der Waals surface area (Å²) in [4.78, 5) is 22.6. The molecule has 2 fully saturated rings. The highest BCUT2D eigenvalue weighted by atomic mass is 19.3. The van der Waals surface area contributed by atoms with Gasteiger partial charge in [0.2, 0.25) is 5.91 Å². The predicted octanol–water partition coefficient (Wildman–Crippen LogP) is 1.48. The van der Waals surface area contributed by atoms with Crippen molar-refractivity contribution in [1.82, 2.24) is 10.2 Å². The Kier molecular flexibility index (Phi) is 2.24. The lowest BCUT2D eigenvalue weighted by Gasteiger charge is -2.34. The van der Waals surface area contributed by atoms with Crippen molar-refractivity contribution in [2.24, 2.45) is 11.3 Å². The van der Waals surface area contributed by atoms with E-state index in [1.165, 1.54) is 6.20 Å². The average Bonchev–Trinajstić information content (AvgIpc) is 2.66. The minimum atomic E-state index is -2.63. The molecular formula is C11H11F2N3O3. The van der Waals surface area contributed by atoms with Gasteiger partial charge in [-0.15, -0.1) is 0 Å². The van der Waals surface area contributed by atoms with Crippen molar-refractivity contribution in [1.29, 1.82) is 0 Å². The van der Waals surface area contributed by atoms with Gasteiger partial charge in [0.15, 0.2) is 5.69 Å². The Balaban J connectivity index is 1.61. The summed E-state index contributed by atoms with van der Waals surface area (Å²) in [5.74, 6) is -4.79. The molecule has 2 aliphatic carbocycles. The maximum atomic E-state index is 13.0. The second-order valence-corrected chi connectivity index (χ2v) is 5.22. The minimum absolute atomic E-state index is 0.0565. The third-order valence-corrected chi connectivity index (χ3v) is 3.97. The van der Waals surface area contributed by atoms with Gasteiger partial charge in [-0.2, -0.15) is 5.10 Å². The molecule has 8 heteroatoms. The van der Waals surface area contributed by atoms with E-state index in [1.54, 1.807) is 0 Å². The lowest BCUT2D eigenvalue weighted by Crippen LogP contribution is -2.38. The number of carbonyl (C=O) groups is 2. The number of hydrogen-bond acceptors (Lipinski definition) is 3. The standard InChI is InChI=1S/C11H11F2N3O3/c12-11(13)4-10(11)1-5(2-10)8(17)15-6-3-14-16-7(6)9(18)19/h3,5H,1-2,4H2,(H,14,16)(H,15,17)(H,18,19). The largest absolute Gasteiger partial charge is 0.476 e. The molecule has 1 aromatic rings. The van der Waals surface area contributed by atoms with E-state index >= 15 is 0 Å². The van der Waals surface area contributed by atoms with Gasteiger partial charge in [-0.1, -0.05) is 0 Å². The van der Waals surface area contributed by atoms with Gasteiger partial charge < -0.3 is 10.4 Å². The number of carboxylic acids is 1. The first-order chi connectivity index (χ1) is 8.85. The number of aromatic amines is 1. The summed E-state index contributed by atoms with van der Waals surface area (Å²) in [6, 6.07) is 0. The second-order valence-electron chi connectivity index (χ2n) is 5.22. The summed E-state index contributed by atoms with van der Waals surface area (Å²) < 4.78 is 26.0. The zero-order valence-corrected chi connectivity index (χ0v) is 9.74. The maximum absolute atomic E-state index is 13.0. The highest BCUT2D eigenvalue weighted by Gasteiger charge is 2.76. The summed E-state index contributed by atoms with van der Waals surface area (Å²) in [5.41, 5.74) is -1.14. The first-order valence-corrected chi connectivity index (χ1v) is 5.80. The van der Waals surface area contributed by atoms with Crippen LogP contribution in [0.3, 0.4) is 0 Å². The fourth-order valence-electron chi connectivity index (χ4n) is 2.67. The quantitative estimate of drug-likeness (QED) is 0.776. The van der Waals surface area contributed by atoms with Gasteiger partial charge in [-0.25, -0.2) is 13.6 Å². The number of halogens is 2. The molecule has 3 rings (SSSR count). The van der Waals surface area contributed by atoms with E-state index in [2.05, 4.69) is 15.5 Å². The van der Waals surface area contributed by atoms with E-state index in [0.29, 0.717) is 0 Å². The molecule has 102 valence electrons. The molecule has 6 nitrogen and oxygen atoms in total. The van der Waals surface area contributed by atoms with Crippen LogP contribution < -0.4 is 5.32 Å². The zero-order valence-electron chi connectivity index (χ0n) is 9.74. The van der Waals surface area contributed by atoms with Crippen LogP contribution in [-0.4, -0.2) is 33.1 Å². The van der Waals surface area contributed by atoms with Crippen LogP contribution in [0.2, 0.25) is 0 Å². The van der Waals surface area contributed by atoms with Crippen molar-refractivity contribution in [3.63, 3.8) is 0 Å². The number of rotatable bonds is 3. The van der Waals surface area contributed by atoms with Crippen molar-refractivity contribution >= 4 is 17.6 Å². The second kappa shape index (κ2) is 3.52. The molecule has 0 aromatic carbocycles. The molecule has 2 saturated carbocycles. The van der Waals surface area contributed by atoms with Crippen LogP contribution in [-0.2, 0) is 4.79 Å². The smallest absolute Gasteiger partial charge is 0.356 e. The van der Waals surface area contributed by atoms with Gasteiger partial charge in [0.05, 0.1) is 11.9 Å². The Hall–Kier alpha value is -1.99. The van der Waals surface area contributed by atoms with E-state index < -0.39 is 29.1 Å². The number of anilines is 1. The van der Waals surface area contributed by atoms with Crippen molar-refractivity contribution in [2.45, 2.75) is 25.2 Å². The molecular weight excluding hydrogens is 260 g/mol. The maximum Gasteiger partial charge on any atom is 0.356 e. The number of aromatic carboxylic acids is 1. The number of H-pyrrole nitrogens is 1. The highest BCUT2D eigenvalue weighted by molar-refractivity contribution is 6.00. The fourth-order valence-corrected chi connectivity index (χ4v) is 2.67. The van der Waals surface area contributed by atoms with Crippen molar-refractivity contribution in [3.8, 4) is 0 Å². The van der Waals surface area contributed by atoms with Crippen LogP contribution in [0, 0.1) is 11.3 Å². The fraction of sp³-hybridized carbons (Fsp3) is 0.545. The van der Waals surface area contributed by atoms with Crippen molar-refractivity contribution in [2.75, 3.05) is 5.32 Å². The summed E-state index contributed by atoms with van der Waals surface area (Å²) in [7, 11) is 0. The van der Waals surface area contributed by atoms with Crippen LogP contribution in [0.1, 0.15) is 29.8 Å². The normalized spacial score (nSPS) is 30.7. The lowest BCUT2D eigenvalue weighted by atomic mass is 9.71. The van der Waals surface area contributed by atoms with E-state index in [1.807, 2.05) is 0 Å². The Bertz CT molecular complexity index is 563. The Morgan fingerprint density at radius 2 is 2.11 bits per heavy atom. The van der Waals surface area contributed by atoms with Gasteiger partial charge >= 0.3 is 5.97 Å². The number of alkyl halides is 2.